The lowest BCUT2D eigenvalue weighted by Crippen LogP contribution is -2.45. The molecule has 1 fully saturated rings. The van der Waals surface area contributed by atoms with Gasteiger partial charge in [0.2, 0.25) is 0 Å². The van der Waals surface area contributed by atoms with Crippen LogP contribution in [0.1, 0.15) is 16.5 Å². The van der Waals surface area contributed by atoms with Gasteiger partial charge in [-0.05, 0) is 11.4 Å². The van der Waals surface area contributed by atoms with Crippen LogP contribution in [-0.2, 0) is 0 Å². The van der Waals surface area contributed by atoms with Crippen LogP contribution >= 0.6 is 11.3 Å². The average Bonchev–Trinajstić information content (AvgIpc) is 3.03. The molecule has 0 amide bonds. The molecule has 5 nitrogen and oxygen atoms in total. The number of benzene rings is 1. The van der Waals surface area contributed by atoms with Gasteiger partial charge < -0.3 is 5.32 Å². The van der Waals surface area contributed by atoms with Crippen LogP contribution < -0.4 is 5.32 Å². The molecule has 2 aromatic rings. The number of nitro benzene ring substituents is 1. The van der Waals surface area contributed by atoms with Crippen molar-refractivity contribution in [2.75, 3.05) is 26.2 Å². The van der Waals surface area contributed by atoms with E-state index >= 15 is 0 Å². The van der Waals surface area contributed by atoms with Gasteiger partial charge in [0.25, 0.3) is 5.69 Å². The first kappa shape index (κ1) is 14.2. The normalized spacial score (nSPS) is 17.5. The maximum atomic E-state index is 11.4. The minimum Gasteiger partial charge on any atom is -0.314 e. The van der Waals surface area contributed by atoms with Crippen LogP contribution in [0.25, 0.3) is 0 Å². The largest absolute Gasteiger partial charge is 0.314 e. The Morgan fingerprint density at radius 1 is 1.19 bits per heavy atom. The summed E-state index contributed by atoms with van der Waals surface area (Å²) in [4.78, 5) is 14.6. The number of rotatable bonds is 4. The number of nitrogens with zero attached hydrogens (tertiary/aromatic N) is 2. The highest BCUT2D eigenvalue weighted by Gasteiger charge is 2.29. The maximum absolute atomic E-state index is 11.4. The van der Waals surface area contributed by atoms with Gasteiger partial charge in [0.15, 0.2) is 0 Å². The van der Waals surface area contributed by atoms with Crippen molar-refractivity contribution in [1.82, 2.24) is 10.2 Å². The standard InChI is InChI=1S/C15H17N3O2S/c19-18(20)13-5-2-1-4-12(13)15(14-6-3-11-21-14)17-9-7-16-8-10-17/h1-6,11,15-16H,7-10H2/t15-/m1/s1. The maximum Gasteiger partial charge on any atom is 0.274 e. The van der Waals surface area contributed by atoms with Gasteiger partial charge >= 0.3 is 0 Å². The number of nitrogens with one attached hydrogen (secondary N) is 1. The summed E-state index contributed by atoms with van der Waals surface area (Å²) in [5.74, 6) is 0. The zero-order valence-electron chi connectivity index (χ0n) is 11.6. The fourth-order valence-electron chi connectivity index (χ4n) is 2.80. The van der Waals surface area contributed by atoms with Crippen molar-refractivity contribution >= 4 is 17.0 Å². The number of piperazine rings is 1. The van der Waals surface area contributed by atoms with Gasteiger partial charge in [0, 0.05) is 37.1 Å². The van der Waals surface area contributed by atoms with Crippen molar-refractivity contribution in [3.63, 3.8) is 0 Å². The van der Waals surface area contributed by atoms with E-state index in [-0.39, 0.29) is 16.7 Å². The predicted molar refractivity (Wildman–Crippen MR) is 83.7 cm³/mol. The van der Waals surface area contributed by atoms with Gasteiger partial charge in [-0.15, -0.1) is 11.3 Å². The average molecular weight is 303 g/mol. The van der Waals surface area contributed by atoms with E-state index < -0.39 is 0 Å². The van der Waals surface area contributed by atoms with Gasteiger partial charge in [0.1, 0.15) is 0 Å². The summed E-state index contributed by atoms with van der Waals surface area (Å²) in [5, 5.41) is 16.7. The number of hydrogen-bond donors (Lipinski definition) is 1. The summed E-state index contributed by atoms with van der Waals surface area (Å²) in [7, 11) is 0. The molecule has 1 aromatic heterocycles. The first-order valence-corrected chi connectivity index (χ1v) is 7.87. The molecule has 1 saturated heterocycles. The van der Waals surface area contributed by atoms with E-state index in [0.717, 1.165) is 36.6 Å². The van der Waals surface area contributed by atoms with Crippen LogP contribution in [0.4, 0.5) is 5.69 Å². The Morgan fingerprint density at radius 3 is 2.62 bits per heavy atom. The molecule has 0 unspecified atom stereocenters. The number of nitro groups is 1. The zero-order chi connectivity index (χ0) is 14.7. The third-order valence-electron chi connectivity index (χ3n) is 3.76. The van der Waals surface area contributed by atoms with Crippen LogP contribution in [0, 0.1) is 10.1 Å². The van der Waals surface area contributed by atoms with E-state index in [1.165, 1.54) is 0 Å². The molecule has 0 saturated carbocycles. The SMILES string of the molecule is O=[N+]([O-])c1ccccc1[C@H](c1cccs1)N1CCNCC1. The fraction of sp³-hybridized carbons (Fsp3) is 0.333. The van der Waals surface area contributed by atoms with Crippen molar-refractivity contribution < 1.29 is 4.92 Å². The molecule has 1 N–H and O–H groups in total. The molecular formula is C15H17N3O2S. The van der Waals surface area contributed by atoms with E-state index in [4.69, 9.17) is 0 Å². The lowest BCUT2D eigenvalue weighted by Gasteiger charge is -2.34. The molecule has 2 heterocycles. The second kappa shape index (κ2) is 6.34. The van der Waals surface area contributed by atoms with E-state index in [9.17, 15) is 10.1 Å². The number of hydrogen-bond acceptors (Lipinski definition) is 5. The third kappa shape index (κ3) is 2.97. The second-order valence-corrected chi connectivity index (χ2v) is 6.00. The summed E-state index contributed by atoms with van der Waals surface area (Å²) in [6, 6.07) is 11.1. The molecular weight excluding hydrogens is 286 g/mol. The van der Waals surface area contributed by atoms with Crippen LogP contribution in [0.5, 0.6) is 0 Å². The molecule has 0 aliphatic carbocycles. The lowest BCUT2D eigenvalue weighted by molar-refractivity contribution is -0.385. The Bertz CT molecular complexity index is 609. The van der Waals surface area contributed by atoms with E-state index in [1.807, 2.05) is 23.6 Å². The Hall–Kier alpha value is -1.76. The van der Waals surface area contributed by atoms with Crippen LogP contribution in [0.3, 0.4) is 0 Å². The van der Waals surface area contributed by atoms with Crippen LogP contribution in [0.2, 0.25) is 0 Å². The second-order valence-electron chi connectivity index (χ2n) is 5.02. The van der Waals surface area contributed by atoms with Crippen molar-refractivity contribution in [3.05, 3.63) is 62.3 Å². The monoisotopic (exact) mass is 303 g/mol. The van der Waals surface area contributed by atoms with Gasteiger partial charge in [-0.25, -0.2) is 0 Å². The molecule has 21 heavy (non-hydrogen) atoms. The predicted octanol–water partition coefficient (Wildman–Crippen LogP) is 2.65. The Morgan fingerprint density at radius 2 is 1.95 bits per heavy atom. The van der Waals surface area contributed by atoms with Crippen LogP contribution in [0.15, 0.2) is 41.8 Å². The summed E-state index contributed by atoms with van der Waals surface area (Å²) >= 11 is 1.66. The minimum atomic E-state index is -0.280. The van der Waals surface area contributed by atoms with E-state index in [2.05, 4.69) is 16.3 Å². The molecule has 3 rings (SSSR count). The molecule has 1 aromatic carbocycles. The zero-order valence-corrected chi connectivity index (χ0v) is 12.4. The fourth-order valence-corrected chi connectivity index (χ4v) is 3.68. The number of para-hydroxylation sites is 1. The van der Waals surface area contributed by atoms with E-state index in [1.54, 1.807) is 23.5 Å². The summed E-state index contributed by atoms with van der Waals surface area (Å²) in [6.45, 7) is 3.63. The third-order valence-corrected chi connectivity index (χ3v) is 4.68. The first-order valence-electron chi connectivity index (χ1n) is 6.99. The van der Waals surface area contributed by atoms with Crippen molar-refractivity contribution in [1.29, 1.82) is 0 Å². The summed E-state index contributed by atoms with van der Waals surface area (Å²) in [5.41, 5.74) is 0.987. The van der Waals surface area contributed by atoms with Gasteiger partial charge in [0.05, 0.1) is 16.5 Å². The highest BCUT2D eigenvalue weighted by atomic mass is 32.1. The van der Waals surface area contributed by atoms with E-state index in [0.29, 0.717) is 0 Å². The molecule has 0 spiro atoms. The smallest absolute Gasteiger partial charge is 0.274 e. The molecule has 1 aliphatic heterocycles. The Kier molecular flexibility index (Phi) is 4.28. The van der Waals surface area contributed by atoms with Crippen LogP contribution in [-0.4, -0.2) is 36.0 Å². The molecule has 1 atom stereocenters. The molecule has 0 radical (unpaired) electrons. The molecule has 1 aliphatic rings. The number of thiophene rings is 1. The highest BCUT2D eigenvalue weighted by Crippen LogP contribution is 2.36. The lowest BCUT2D eigenvalue weighted by atomic mass is 10.0. The topological polar surface area (TPSA) is 58.4 Å². The summed E-state index contributed by atoms with van der Waals surface area (Å²) in [6.07, 6.45) is 0. The molecule has 6 heteroatoms. The van der Waals surface area contributed by atoms with Gasteiger partial charge in [-0.2, -0.15) is 0 Å². The Balaban J connectivity index is 2.05. The van der Waals surface area contributed by atoms with Crippen molar-refractivity contribution in [3.8, 4) is 0 Å². The Labute approximate surface area is 127 Å². The van der Waals surface area contributed by atoms with Gasteiger partial charge in [-0.3, -0.25) is 15.0 Å². The minimum absolute atomic E-state index is 0.0336. The summed E-state index contributed by atoms with van der Waals surface area (Å²) < 4.78 is 0. The van der Waals surface area contributed by atoms with Gasteiger partial charge in [-0.1, -0.05) is 24.3 Å². The molecule has 0 bridgehead atoms. The quantitative estimate of drug-likeness (QED) is 0.697. The first-order chi connectivity index (χ1) is 10.3. The van der Waals surface area contributed by atoms with Crippen molar-refractivity contribution in [2.45, 2.75) is 6.04 Å². The van der Waals surface area contributed by atoms with Crippen molar-refractivity contribution in [2.24, 2.45) is 0 Å². The molecule has 110 valence electrons. The highest BCUT2D eigenvalue weighted by molar-refractivity contribution is 7.10.